The summed E-state index contributed by atoms with van der Waals surface area (Å²) in [5.41, 5.74) is 0. The van der Waals surface area contributed by atoms with Crippen LogP contribution in [-0.4, -0.2) is 73.7 Å². The molecule has 0 rings (SSSR count). The zero-order chi connectivity index (χ0) is 28.9. The van der Waals surface area contributed by atoms with Gasteiger partial charge in [-0.25, -0.2) is 9.59 Å². The number of unbranched alkanes of at least 4 members (excludes halogenated alkanes) is 15. The standard InChI is InChI=1S/C27H55NO4.C2H2O4/c1-5-7-8-9-10-11-12-13-14-15-16-17-18-19-20-21-22-31-24-26(30-4)23-28-25(3)27(29)32-6-2;3-1(4)2(5)6/h25-26,28H,5-24H2,1-4H3;(H,3,4)(H,5,6). The molecule has 226 valence electrons. The van der Waals surface area contributed by atoms with Crippen LogP contribution in [0.5, 0.6) is 0 Å². The Morgan fingerprint density at radius 3 is 1.50 bits per heavy atom. The van der Waals surface area contributed by atoms with Crippen LogP contribution in [0.1, 0.15) is 124 Å². The van der Waals surface area contributed by atoms with Crippen LogP contribution in [0.2, 0.25) is 0 Å². The maximum atomic E-state index is 11.6. The maximum absolute atomic E-state index is 11.6. The molecule has 3 N–H and O–H groups in total. The number of carbonyl (C=O) groups excluding carboxylic acids is 1. The molecule has 0 amide bonds. The van der Waals surface area contributed by atoms with E-state index < -0.39 is 11.9 Å². The van der Waals surface area contributed by atoms with Gasteiger partial charge in [-0.15, -0.1) is 0 Å². The minimum absolute atomic E-state index is 0.0482. The molecule has 0 aliphatic carbocycles. The summed E-state index contributed by atoms with van der Waals surface area (Å²) in [6.07, 6.45) is 22.0. The Hall–Kier alpha value is -1.71. The second-order valence-corrected chi connectivity index (χ2v) is 9.73. The van der Waals surface area contributed by atoms with Crippen molar-refractivity contribution in [1.82, 2.24) is 5.32 Å². The Balaban J connectivity index is 0. The molecule has 0 saturated heterocycles. The highest BCUT2D eigenvalue weighted by Gasteiger charge is 2.16. The molecule has 0 aromatic rings. The van der Waals surface area contributed by atoms with E-state index in [4.69, 9.17) is 34.0 Å². The average molecular weight is 548 g/mol. The van der Waals surface area contributed by atoms with E-state index in [-0.39, 0.29) is 18.1 Å². The van der Waals surface area contributed by atoms with Crippen molar-refractivity contribution in [2.45, 2.75) is 136 Å². The van der Waals surface area contributed by atoms with E-state index >= 15 is 0 Å². The summed E-state index contributed by atoms with van der Waals surface area (Å²) in [7, 11) is 1.68. The molecule has 9 heteroatoms. The number of hydrogen-bond acceptors (Lipinski definition) is 7. The van der Waals surface area contributed by atoms with Gasteiger partial charge in [0.05, 0.1) is 19.3 Å². The van der Waals surface area contributed by atoms with Crippen molar-refractivity contribution in [2.24, 2.45) is 0 Å². The summed E-state index contributed by atoms with van der Waals surface area (Å²) >= 11 is 0. The van der Waals surface area contributed by atoms with Crippen LogP contribution >= 0.6 is 0 Å². The van der Waals surface area contributed by atoms with Crippen molar-refractivity contribution in [3.05, 3.63) is 0 Å². The number of hydrogen-bond donors (Lipinski definition) is 3. The molecule has 0 heterocycles. The minimum Gasteiger partial charge on any atom is -0.473 e. The van der Waals surface area contributed by atoms with Crippen LogP contribution in [0.25, 0.3) is 0 Å². The third-order valence-corrected chi connectivity index (χ3v) is 6.25. The van der Waals surface area contributed by atoms with Crippen LogP contribution in [0.4, 0.5) is 0 Å². The number of methoxy groups -OCH3 is 1. The largest absolute Gasteiger partial charge is 0.473 e. The SMILES string of the molecule is CCCCCCCCCCCCCCCCCCOCC(CNC(C)C(=O)OCC)OC.O=C(O)C(=O)O. The number of carboxylic acid groups (broad SMARTS) is 2. The van der Waals surface area contributed by atoms with Gasteiger partial charge in [-0.05, 0) is 20.3 Å². The molecule has 0 aliphatic heterocycles. The zero-order valence-corrected chi connectivity index (χ0v) is 24.6. The lowest BCUT2D eigenvalue weighted by atomic mass is 10.0. The van der Waals surface area contributed by atoms with Gasteiger partial charge in [0.2, 0.25) is 0 Å². The predicted molar refractivity (Wildman–Crippen MR) is 151 cm³/mol. The first-order valence-corrected chi connectivity index (χ1v) is 14.8. The van der Waals surface area contributed by atoms with Gasteiger partial charge < -0.3 is 29.7 Å². The Morgan fingerprint density at radius 1 is 0.711 bits per heavy atom. The molecule has 2 atom stereocenters. The summed E-state index contributed by atoms with van der Waals surface area (Å²) in [6.45, 7) is 8.23. The highest BCUT2D eigenvalue weighted by atomic mass is 16.5. The number of carboxylic acids is 2. The number of rotatable bonds is 25. The molecule has 0 fully saturated rings. The third-order valence-electron chi connectivity index (χ3n) is 6.25. The van der Waals surface area contributed by atoms with Crippen molar-refractivity contribution in [1.29, 1.82) is 0 Å². The van der Waals surface area contributed by atoms with Crippen molar-refractivity contribution < 1.29 is 38.8 Å². The summed E-state index contributed by atoms with van der Waals surface area (Å²) in [5.74, 6) is -3.87. The molecule has 38 heavy (non-hydrogen) atoms. The second-order valence-electron chi connectivity index (χ2n) is 9.73. The van der Waals surface area contributed by atoms with Gasteiger partial charge in [0, 0.05) is 20.3 Å². The van der Waals surface area contributed by atoms with Gasteiger partial charge in [-0.1, -0.05) is 103 Å². The third kappa shape index (κ3) is 28.9. The monoisotopic (exact) mass is 547 g/mol. The molecule has 0 aromatic heterocycles. The predicted octanol–water partition coefficient (Wildman–Crippen LogP) is 5.98. The molecule has 0 aromatic carbocycles. The van der Waals surface area contributed by atoms with E-state index in [9.17, 15) is 4.79 Å². The highest BCUT2D eigenvalue weighted by Crippen LogP contribution is 2.13. The number of esters is 1. The minimum atomic E-state index is -1.82. The summed E-state index contributed by atoms with van der Waals surface area (Å²) in [6, 6.07) is -0.326. The van der Waals surface area contributed by atoms with Crippen LogP contribution < -0.4 is 5.32 Å². The quantitative estimate of drug-likeness (QED) is 0.0717. The van der Waals surface area contributed by atoms with E-state index in [1.165, 1.54) is 96.3 Å². The first kappa shape index (κ1) is 38.4. The molecular formula is C29H57NO8. The number of ether oxygens (including phenoxy) is 3. The zero-order valence-electron chi connectivity index (χ0n) is 24.6. The Bertz CT molecular complexity index is 547. The van der Waals surface area contributed by atoms with E-state index in [1.807, 2.05) is 13.8 Å². The fourth-order valence-corrected chi connectivity index (χ4v) is 3.84. The van der Waals surface area contributed by atoms with Crippen molar-refractivity contribution in [3.8, 4) is 0 Å². The normalized spacial score (nSPS) is 12.3. The first-order valence-electron chi connectivity index (χ1n) is 14.8. The molecule has 9 nitrogen and oxygen atoms in total. The van der Waals surface area contributed by atoms with Crippen molar-refractivity contribution >= 4 is 17.9 Å². The van der Waals surface area contributed by atoms with Gasteiger partial charge in [0.25, 0.3) is 0 Å². The molecule has 0 bridgehead atoms. The Kier molecular flexibility index (Phi) is 30.2. The fraction of sp³-hybridized carbons (Fsp3) is 0.897. The van der Waals surface area contributed by atoms with Crippen molar-refractivity contribution in [2.75, 3.05) is 33.5 Å². The van der Waals surface area contributed by atoms with Crippen LogP contribution in [-0.2, 0) is 28.6 Å². The van der Waals surface area contributed by atoms with E-state index in [2.05, 4.69) is 12.2 Å². The van der Waals surface area contributed by atoms with Gasteiger partial charge in [-0.3, -0.25) is 4.79 Å². The summed E-state index contributed by atoms with van der Waals surface area (Å²) < 4.78 is 16.2. The van der Waals surface area contributed by atoms with Crippen molar-refractivity contribution in [3.63, 3.8) is 0 Å². The number of carbonyl (C=O) groups is 3. The molecule has 0 aliphatic rings. The molecule has 0 saturated carbocycles. The highest BCUT2D eigenvalue weighted by molar-refractivity contribution is 6.27. The number of aliphatic carboxylic acids is 2. The maximum Gasteiger partial charge on any atom is 0.414 e. The fourth-order valence-electron chi connectivity index (χ4n) is 3.84. The van der Waals surface area contributed by atoms with Gasteiger partial charge in [0.15, 0.2) is 0 Å². The number of nitrogens with one attached hydrogen (secondary N) is 1. The van der Waals surface area contributed by atoms with Crippen LogP contribution in [0, 0.1) is 0 Å². The second kappa shape index (κ2) is 29.8. The Morgan fingerprint density at radius 2 is 1.13 bits per heavy atom. The Labute approximate surface area is 231 Å². The lowest BCUT2D eigenvalue weighted by Crippen LogP contribution is -2.41. The summed E-state index contributed by atoms with van der Waals surface area (Å²) in [5, 5.41) is 17.9. The first-order chi connectivity index (χ1) is 18.3. The lowest BCUT2D eigenvalue weighted by Gasteiger charge is -2.19. The molecule has 0 radical (unpaired) electrons. The van der Waals surface area contributed by atoms with Crippen LogP contribution in [0.15, 0.2) is 0 Å². The molecule has 2 unspecified atom stereocenters. The molecule has 0 spiro atoms. The van der Waals surface area contributed by atoms with Crippen LogP contribution in [0.3, 0.4) is 0 Å². The van der Waals surface area contributed by atoms with E-state index in [0.29, 0.717) is 19.8 Å². The van der Waals surface area contributed by atoms with E-state index in [1.54, 1.807) is 7.11 Å². The smallest absolute Gasteiger partial charge is 0.414 e. The van der Waals surface area contributed by atoms with Gasteiger partial charge >= 0.3 is 17.9 Å². The average Bonchev–Trinajstić information content (AvgIpc) is 2.89. The lowest BCUT2D eigenvalue weighted by molar-refractivity contribution is -0.159. The van der Waals surface area contributed by atoms with Gasteiger partial charge in [-0.2, -0.15) is 0 Å². The van der Waals surface area contributed by atoms with E-state index in [0.717, 1.165) is 13.0 Å². The van der Waals surface area contributed by atoms with Gasteiger partial charge in [0.1, 0.15) is 6.04 Å². The topological polar surface area (TPSA) is 131 Å². The summed E-state index contributed by atoms with van der Waals surface area (Å²) in [4.78, 5) is 29.8. The molecular weight excluding hydrogens is 490 g/mol.